The summed E-state index contributed by atoms with van der Waals surface area (Å²) in [5.41, 5.74) is 0. The van der Waals surface area contributed by atoms with Gasteiger partial charge in [-0.1, -0.05) is 0 Å². The molecule has 18 heavy (non-hydrogen) atoms. The van der Waals surface area contributed by atoms with Crippen LogP contribution in [0.25, 0.3) is 0 Å². The van der Waals surface area contributed by atoms with Crippen LogP contribution in [0.1, 0.15) is 19.3 Å². The van der Waals surface area contributed by atoms with E-state index in [0.29, 0.717) is 29.7 Å². The highest BCUT2D eigenvalue weighted by molar-refractivity contribution is 9.10. The monoisotopic (exact) mass is 358 g/mol. The van der Waals surface area contributed by atoms with Gasteiger partial charge in [-0.2, -0.15) is 0 Å². The van der Waals surface area contributed by atoms with Crippen molar-refractivity contribution in [2.75, 3.05) is 12.4 Å². The van der Waals surface area contributed by atoms with Gasteiger partial charge in [0.2, 0.25) is 9.05 Å². The van der Waals surface area contributed by atoms with E-state index >= 15 is 0 Å². The van der Waals surface area contributed by atoms with E-state index in [4.69, 9.17) is 15.4 Å². The Morgan fingerprint density at radius 2 is 2.00 bits per heavy atom. The molecule has 102 valence electrons. The van der Waals surface area contributed by atoms with Gasteiger partial charge < -0.3 is 4.74 Å². The molecule has 0 saturated carbocycles. The van der Waals surface area contributed by atoms with E-state index in [1.54, 1.807) is 12.1 Å². The van der Waals surface area contributed by atoms with Crippen LogP contribution in [0.5, 0.6) is 5.75 Å². The molecular weight excluding hydrogens is 347 g/mol. The zero-order valence-corrected chi connectivity index (χ0v) is 12.7. The zero-order valence-electron chi connectivity index (χ0n) is 9.53. The highest BCUT2D eigenvalue weighted by atomic mass is 79.9. The maximum atomic E-state index is 12.9. The van der Waals surface area contributed by atoms with Crippen molar-refractivity contribution in [2.45, 2.75) is 19.3 Å². The van der Waals surface area contributed by atoms with Crippen molar-refractivity contribution in [3.05, 3.63) is 28.5 Å². The molecule has 1 rings (SSSR count). The molecule has 3 nitrogen and oxygen atoms in total. The van der Waals surface area contributed by atoms with Gasteiger partial charge in [0.05, 0.1) is 16.8 Å². The third-order valence-corrected chi connectivity index (χ3v) is 4.04. The fourth-order valence-electron chi connectivity index (χ4n) is 1.31. The molecule has 0 saturated heterocycles. The maximum Gasteiger partial charge on any atom is 0.232 e. The van der Waals surface area contributed by atoms with Crippen molar-refractivity contribution in [2.24, 2.45) is 0 Å². The SMILES string of the molecule is O=S(=O)(Cl)CCCCCOc1ccc(F)c(Br)c1. The molecule has 1 aromatic rings. The predicted molar refractivity (Wildman–Crippen MR) is 73.1 cm³/mol. The molecule has 0 amide bonds. The molecule has 0 fully saturated rings. The number of rotatable bonds is 7. The molecule has 0 spiro atoms. The number of halogens is 3. The molecular formula is C11H13BrClFO3S. The predicted octanol–water partition coefficient (Wildman–Crippen LogP) is 3.71. The van der Waals surface area contributed by atoms with Gasteiger partial charge >= 0.3 is 0 Å². The third-order valence-electron chi connectivity index (χ3n) is 2.19. The summed E-state index contributed by atoms with van der Waals surface area (Å²) in [6.45, 7) is 0.459. The first-order chi connectivity index (χ1) is 8.38. The molecule has 1 aromatic carbocycles. The number of benzene rings is 1. The Bertz CT molecular complexity index is 493. The lowest BCUT2D eigenvalue weighted by Gasteiger charge is -2.06. The van der Waals surface area contributed by atoms with Crippen LogP contribution in [-0.4, -0.2) is 20.8 Å². The van der Waals surface area contributed by atoms with Crippen LogP contribution >= 0.6 is 26.6 Å². The van der Waals surface area contributed by atoms with Crippen molar-refractivity contribution in [3.8, 4) is 5.75 Å². The molecule has 0 bridgehead atoms. The van der Waals surface area contributed by atoms with Gasteiger partial charge in [-0.05, 0) is 53.4 Å². The van der Waals surface area contributed by atoms with Gasteiger partial charge in [0, 0.05) is 10.7 Å². The Balaban J connectivity index is 2.20. The smallest absolute Gasteiger partial charge is 0.232 e. The van der Waals surface area contributed by atoms with E-state index in [0.717, 1.165) is 6.42 Å². The Morgan fingerprint density at radius 3 is 2.61 bits per heavy atom. The van der Waals surface area contributed by atoms with Gasteiger partial charge in [0.25, 0.3) is 0 Å². The zero-order chi connectivity index (χ0) is 13.6. The third kappa shape index (κ3) is 6.56. The van der Waals surface area contributed by atoms with Gasteiger partial charge in [0.15, 0.2) is 0 Å². The molecule has 0 atom stereocenters. The molecule has 0 N–H and O–H groups in total. The Morgan fingerprint density at radius 1 is 1.28 bits per heavy atom. The molecule has 0 aliphatic heterocycles. The minimum Gasteiger partial charge on any atom is -0.494 e. The Hall–Kier alpha value is -0.330. The van der Waals surface area contributed by atoms with Crippen molar-refractivity contribution >= 4 is 35.7 Å². The summed E-state index contributed by atoms with van der Waals surface area (Å²) in [6, 6.07) is 4.42. The van der Waals surface area contributed by atoms with Crippen LogP contribution in [0.15, 0.2) is 22.7 Å². The second-order valence-electron chi connectivity index (χ2n) is 3.73. The van der Waals surface area contributed by atoms with Crippen molar-refractivity contribution in [1.29, 1.82) is 0 Å². The summed E-state index contributed by atoms with van der Waals surface area (Å²) in [7, 11) is 1.68. The first kappa shape index (κ1) is 15.7. The average Bonchev–Trinajstić information content (AvgIpc) is 2.26. The van der Waals surface area contributed by atoms with Gasteiger partial charge in [-0.15, -0.1) is 0 Å². The average molecular weight is 360 g/mol. The van der Waals surface area contributed by atoms with Crippen molar-refractivity contribution in [3.63, 3.8) is 0 Å². The Kier molecular flexibility index (Phi) is 6.38. The van der Waals surface area contributed by atoms with E-state index in [-0.39, 0.29) is 11.6 Å². The fourth-order valence-corrected chi connectivity index (χ4v) is 2.54. The van der Waals surface area contributed by atoms with Gasteiger partial charge in [-0.25, -0.2) is 12.8 Å². The molecule has 0 radical (unpaired) electrons. The van der Waals surface area contributed by atoms with Crippen molar-refractivity contribution < 1.29 is 17.5 Å². The van der Waals surface area contributed by atoms with Crippen LogP contribution < -0.4 is 4.74 Å². The highest BCUT2D eigenvalue weighted by Gasteiger charge is 2.04. The summed E-state index contributed by atoms with van der Waals surface area (Å²) < 4.78 is 40.0. The standard InChI is InChI=1S/C11H13BrClFO3S/c12-10-8-9(4-5-11(10)14)17-6-2-1-3-7-18(13,15)16/h4-5,8H,1-3,6-7H2. The van der Waals surface area contributed by atoms with Crippen LogP contribution in [0.3, 0.4) is 0 Å². The first-order valence-corrected chi connectivity index (χ1v) is 8.66. The maximum absolute atomic E-state index is 12.9. The van der Waals surface area contributed by atoms with E-state index in [1.165, 1.54) is 6.07 Å². The summed E-state index contributed by atoms with van der Waals surface area (Å²) in [4.78, 5) is 0. The largest absolute Gasteiger partial charge is 0.494 e. The molecule has 0 heterocycles. The second kappa shape index (κ2) is 7.31. The van der Waals surface area contributed by atoms with Gasteiger partial charge in [0.1, 0.15) is 11.6 Å². The molecule has 0 aromatic heterocycles. The number of hydrogen-bond donors (Lipinski definition) is 0. The summed E-state index contributed by atoms with van der Waals surface area (Å²) in [6.07, 6.45) is 1.96. The Labute approximate surface area is 119 Å². The molecule has 0 aliphatic rings. The quantitative estimate of drug-likeness (QED) is 0.550. The van der Waals surface area contributed by atoms with Crippen molar-refractivity contribution in [1.82, 2.24) is 0 Å². The lowest BCUT2D eigenvalue weighted by atomic mass is 10.2. The molecule has 7 heteroatoms. The normalized spacial score (nSPS) is 11.5. The number of hydrogen-bond acceptors (Lipinski definition) is 3. The number of ether oxygens (including phenoxy) is 1. The van der Waals surface area contributed by atoms with Gasteiger partial charge in [-0.3, -0.25) is 0 Å². The molecule has 0 aliphatic carbocycles. The summed E-state index contributed by atoms with van der Waals surface area (Å²) in [5, 5.41) is 0. The van der Waals surface area contributed by atoms with E-state index < -0.39 is 9.05 Å². The van der Waals surface area contributed by atoms with E-state index in [1.807, 2.05) is 0 Å². The highest BCUT2D eigenvalue weighted by Crippen LogP contribution is 2.21. The molecule has 0 unspecified atom stereocenters. The summed E-state index contributed by atoms with van der Waals surface area (Å²) in [5.74, 6) is 0.222. The number of unbranched alkanes of at least 4 members (excludes halogenated alkanes) is 2. The van der Waals surface area contributed by atoms with E-state index in [9.17, 15) is 12.8 Å². The minimum absolute atomic E-state index is 0.0172. The fraction of sp³-hybridized carbons (Fsp3) is 0.455. The lowest BCUT2D eigenvalue weighted by Crippen LogP contribution is -2.01. The lowest BCUT2D eigenvalue weighted by molar-refractivity contribution is 0.305. The van der Waals surface area contributed by atoms with E-state index in [2.05, 4.69) is 15.9 Å². The van der Waals surface area contributed by atoms with Crippen LogP contribution in [0, 0.1) is 5.82 Å². The second-order valence-corrected chi connectivity index (χ2v) is 7.48. The van der Waals surface area contributed by atoms with Crippen LogP contribution in [0.4, 0.5) is 4.39 Å². The van der Waals surface area contributed by atoms with Crippen LogP contribution in [0.2, 0.25) is 0 Å². The summed E-state index contributed by atoms with van der Waals surface area (Å²) >= 11 is 3.07. The van der Waals surface area contributed by atoms with Crippen LogP contribution in [-0.2, 0) is 9.05 Å². The first-order valence-electron chi connectivity index (χ1n) is 5.39. The minimum atomic E-state index is -3.39. The topological polar surface area (TPSA) is 43.4 Å².